The van der Waals surface area contributed by atoms with Crippen LogP contribution in [0.2, 0.25) is 5.02 Å². The highest BCUT2D eigenvalue weighted by Crippen LogP contribution is 2.38. The third-order valence-electron chi connectivity index (χ3n) is 6.94. The number of anilines is 1. The molecule has 1 aliphatic heterocycles. The average molecular weight is 517 g/mol. The molecule has 1 aliphatic rings. The van der Waals surface area contributed by atoms with E-state index in [0.29, 0.717) is 31.7 Å². The van der Waals surface area contributed by atoms with E-state index in [2.05, 4.69) is 28.6 Å². The lowest BCUT2D eigenvalue weighted by Gasteiger charge is -2.35. The van der Waals surface area contributed by atoms with Gasteiger partial charge >= 0.3 is 0 Å². The van der Waals surface area contributed by atoms with Crippen molar-refractivity contribution in [3.05, 3.63) is 95.4 Å². The van der Waals surface area contributed by atoms with E-state index in [9.17, 15) is 14.3 Å². The van der Waals surface area contributed by atoms with Crippen molar-refractivity contribution in [3.63, 3.8) is 0 Å². The maximum Gasteiger partial charge on any atom is 0.246 e. The Balaban J connectivity index is 1.62. The Morgan fingerprint density at radius 1 is 1.05 bits per heavy atom. The highest BCUT2D eigenvalue weighted by molar-refractivity contribution is 6.32. The number of hydrogen-bond donors (Lipinski definition) is 1. The van der Waals surface area contributed by atoms with Crippen molar-refractivity contribution >= 4 is 34.1 Å². The Morgan fingerprint density at radius 2 is 1.78 bits per heavy atom. The van der Waals surface area contributed by atoms with E-state index in [1.165, 1.54) is 12.1 Å². The second-order valence-electron chi connectivity index (χ2n) is 9.08. The van der Waals surface area contributed by atoms with Gasteiger partial charge in [-0.05, 0) is 41.5 Å². The van der Waals surface area contributed by atoms with E-state index in [4.69, 9.17) is 11.6 Å². The van der Waals surface area contributed by atoms with Gasteiger partial charge in [-0.2, -0.15) is 5.10 Å². The lowest BCUT2D eigenvalue weighted by Crippen LogP contribution is -2.48. The zero-order valence-electron chi connectivity index (χ0n) is 20.4. The van der Waals surface area contributed by atoms with E-state index in [-0.39, 0.29) is 22.4 Å². The number of aromatic hydroxyl groups is 1. The summed E-state index contributed by atoms with van der Waals surface area (Å²) < 4.78 is 15.0. The second-order valence-corrected chi connectivity index (χ2v) is 9.48. The van der Waals surface area contributed by atoms with Crippen molar-refractivity contribution < 1.29 is 14.3 Å². The van der Waals surface area contributed by atoms with Crippen molar-refractivity contribution in [2.24, 2.45) is 0 Å². The van der Waals surface area contributed by atoms with Gasteiger partial charge in [0.15, 0.2) is 17.4 Å². The van der Waals surface area contributed by atoms with Crippen LogP contribution in [0.4, 0.5) is 10.2 Å². The number of piperazine rings is 1. The van der Waals surface area contributed by atoms with Crippen molar-refractivity contribution in [1.29, 1.82) is 0 Å². The molecule has 1 saturated heterocycles. The van der Waals surface area contributed by atoms with Gasteiger partial charge in [-0.25, -0.2) is 4.39 Å². The first-order valence-electron chi connectivity index (χ1n) is 12.1. The zero-order valence-corrected chi connectivity index (χ0v) is 21.1. The van der Waals surface area contributed by atoms with Gasteiger partial charge in [0.05, 0.1) is 10.7 Å². The lowest BCUT2D eigenvalue weighted by molar-refractivity contribution is -0.126. The predicted molar refractivity (Wildman–Crippen MR) is 145 cm³/mol. The van der Waals surface area contributed by atoms with Gasteiger partial charge in [0.1, 0.15) is 0 Å². The summed E-state index contributed by atoms with van der Waals surface area (Å²) in [6.07, 6.45) is 1.33. The summed E-state index contributed by atoms with van der Waals surface area (Å²) in [5.41, 5.74) is 2.70. The minimum atomic E-state index is -0.769. The first kappa shape index (κ1) is 24.7. The minimum Gasteiger partial charge on any atom is -0.504 e. The van der Waals surface area contributed by atoms with Crippen LogP contribution in [0.1, 0.15) is 24.1 Å². The van der Waals surface area contributed by atoms with Crippen molar-refractivity contribution in [3.8, 4) is 16.9 Å². The van der Waals surface area contributed by atoms with Gasteiger partial charge in [0, 0.05) is 48.4 Å². The summed E-state index contributed by atoms with van der Waals surface area (Å²) >= 11 is 5.91. The molecule has 1 fully saturated rings. The molecule has 0 spiro atoms. The number of nitrogens with zero attached hydrogens (tertiary/aromatic N) is 4. The van der Waals surface area contributed by atoms with Crippen LogP contribution in [0.15, 0.2) is 73.3 Å². The molecule has 6 nitrogen and oxygen atoms in total. The molecule has 1 aromatic heterocycles. The van der Waals surface area contributed by atoms with Crippen LogP contribution in [0.5, 0.6) is 5.75 Å². The molecule has 4 aromatic rings. The molecule has 8 heteroatoms. The normalized spacial score (nSPS) is 14.6. The molecule has 3 aromatic carbocycles. The van der Waals surface area contributed by atoms with Crippen LogP contribution in [0, 0.1) is 5.82 Å². The van der Waals surface area contributed by atoms with Crippen LogP contribution in [0.25, 0.3) is 21.9 Å². The quantitative estimate of drug-likeness (QED) is 0.340. The molecule has 0 unspecified atom stereocenters. The van der Waals surface area contributed by atoms with Crippen molar-refractivity contribution in [1.82, 2.24) is 15.1 Å². The van der Waals surface area contributed by atoms with Crippen LogP contribution in [-0.2, 0) is 4.79 Å². The Kier molecular flexibility index (Phi) is 6.80. The number of hydrogen-bond acceptors (Lipinski definition) is 5. The highest BCUT2D eigenvalue weighted by Gasteiger charge is 2.25. The fraction of sp³-hybridized carbons (Fsp3) is 0.207. The topological polar surface area (TPSA) is 69.6 Å². The molecule has 1 amide bonds. The van der Waals surface area contributed by atoms with Crippen LogP contribution >= 0.6 is 11.6 Å². The number of phenols is 1. The number of carbonyl (C=O) groups is 1. The fourth-order valence-corrected chi connectivity index (χ4v) is 4.96. The summed E-state index contributed by atoms with van der Waals surface area (Å²) in [6, 6.07) is 18.7. The average Bonchev–Trinajstić information content (AvgIpc) is 2.95. The van der Waals surface area contributed by atoms with Crippen LogP contribution in [0.3, 0.4) is 0 Å². The smallest absolute Gasteiger partial charge is 0.246 e. The second kappa shape index (κ2) is 10.2. The molecular weight excluding hydrogens is 491 g/mol. The number of benzene rings is 3. The Hall–Kier alpha value is -3.97. The van der Waals surface area contributed by atoms with E-state index in [0.717, 1.165) is 27.8 Å². The molecular formula is C29H26ClFN4O2. The maximum atomic E-state index is 15.0. The molecule has 188 valence electrons. The van der Waals surface area contributed by atoms with Crippen molar-refractivity contribution in [2.75, 3.05) is 31.1 Å². The summed E-state index contributed by atoms with van der Waals surface area (Å²) in [5, 5.41) is 21.1. The maximum absolute atomic E-state index is 15.0. The van der Waals surface area contributed by atoms with Gasteiger partial charge in [-0.1, -0.05) is 61.5 Å². The number of carbonyl (C=O) groups excluding carboxylic acids is 1. The number of aromatic nitrogens is 2. The molecule has 0 saturated carbocycles. The number of amides is 1. The van der Waals surface area contributed by atoms with Gasteiger partial charge in [-0.3, -0.25) is 4.79 Å². The third kappa shape index (κ3) is 4.62. The zero-order chi connectivity index (χ0) is 26.1. The lowest BCUT2D eigenvalue weighted by atomic mass is 9.92. The molecule has 0 radical (unpaired) electrons. The van der Waals surface area contributed by atoms with Crippen molar-refractivity contribution in [2.45, 2.75) is 12.8 Å². The monoisotopic (exact) mass is 516 g/mol. The fourth-order valence-electron chi connectivity index (χ4n) is 4.81. The van der Waals surface area contributed by atoms with Gasteiger partial charge < -0.3 is 14.9 Å². The largest absolute Gasteiger partial charge is 0.504 e. The SMILES string of the molecule is C=CC(=O)N1CCN(c2nnc([C@@H](C)c3ccccc3)c3cc(-c4ccc(Cl)c(O)c4F)ccc23)CC1. The molecule has 0 bridgehead atoms. The minimum absolute atomic E-state index is 0.0392. The Labute approximate surface area is 219 Å². The summed E-state index contributed by atoms with van der Waals surface area (Å²) in [6.45, 7) is 7.98. The van der Waals surface area contributed by atoms with Gasteiger partial charge in [0.2, 0.25) is 5.91 Å². The first-order valence-corrected chi connectivity index (χ1v) is 12.5. The van der Waals surface area contributed by atoms with Crippen LogP contribution < -0.4 is 4.90 Å². The first-order chi connectivity index (χ1) is 17.9. The molecule has 5 rings (SSSR count). The number of phenolic OH excluding ortho intramolecular Hbond substituents is 1. The standard InChI is InChI=1S/C29H26ClFN4O2/c1-3-25(36)34-13-15-35(16-14-34)29-22-10-9-20(21-11-12-24(30)28(37)26(21)31)17-23(22)27(32-33-29)18(2)19-7-5-4-6-8-19/h3-12,17-18,37H,1,13-16H2,2H3/t18-/m0/s1. The van der Waals surface area contributed by atoms with E-state index < -0.39 is 11.6 Å². The molecule has 37 heavy (non-hydrogen) atoms. The number of rotatable bonds is 5. The predicted octanol–water partition coefficient (Wildman–Crippen LogP) is 5.78. The number of halogens is 2. The molecule has 1 atom stereocenters. The van der Waals surface area contributed by atoms with Gasteiger partial charge in [-0.15, -0.1) is 5.10 Å². The highest BCUT2D eigenvalue weighted by atomic mass is 35.5. The summed E-state index contributed by atoms with van der Waals surface area (Å²) in [4.78, 5) is 15.9. The van der Waals surface area contributed by atoms with E-state index >= 15 is 0 Å². The molecule has 2 heterocycles. The summed E-state index contributed by atoms with van der Waals surface area (Å²) in [7, 11) is 0. The Morgan fingerprint density at radius 3 is 2.49 bits per heavy atom. The molecule has 0 aliphatic carbocycles. The van der Waals surface area contributed by atoms with Gasteiger partial charge in [0.25, 0.3) is 0 Å². The number of fused-ring (bicyclic) bond motifs is 1. The van der Waals surface area contributed by atoms with E-state index in [1.54, 1.807) is 11.0 Å². The molecule has 1 N–H and O–H groups in total. The van der Waals surface area contributed by atoms with E-state index in [1.807, 2.05) is 48.5 Å². The Bertz CT molecular complexity index is 1490. The summed E-state index contributed by atoms with van der Waals surface area (Å²) in [5.74, 6) is -0.769. The van der Waals surface area contributed by atoms with Crippen LogP contribution in [-0.4, -0.2) is 52.3 Å². The third-order valence-corrected chi connectivity index (χ3v) is 7.25.